The molecule has 2 aromatic heterocycles. The van der Waals surface area contributed by atoms with Gasteiger partial charge in [-0.15, -0.1) is 0 Å². The van der Waals surface area contributed by atoms with Crippen LogP contribution in [0.15, 0.2) is 65.5 Å². The van der Waals surface area contributed by atoms with Crippen LogP contribution in [-0.2, 0) is 7.05 Å². The van der Waals surface area contributed by atoms with Crippen molar-refractivity contribution < 1.29 is 4.42 Å². The van der Waals surface area contributed by atoms with E-state index in [9.17, 15) is 0 Å². The normalized spacial score (nSPS) is 14.0. The number of rotatable bonds is 5. The van der Waals surface area contributed by atoms with Gasteiger partial charge in [-0.1, -0.05) is 30.3 Å². The van der Waals surface area contributed by atoms with Gasteiger partial charge in [-0.3, -0.25) is 5.32 Å². The maximum atomic E-state index is 5.60. The first-order valence-electron chi connectivity index (χ1n) is 7.07. The van der Waals surface area contributed by atoms with Gasteiger partial charge in [-0.05, 0) is 24.6 Å². The van der Waals surface area contributed by atoms with E-state index in [2.05, 4.69) is 41.5 Å². The molecule has 4 nitrogen and oxygen atoms in total. The van der Waals surface area contributed by atoms with Gasteiger partial charge in [-0.2, -0.15) is 0 Å². The first kappa shape index (κ1) is 13.6. The molecule has 1 unspecified atom stereocenters. The monoisotopic (exact) mass is 281 g/mol. The highest BCUT2D eigenvalue weighted by Crippen LogP contribution is 2.25. The molecule has 0 aliphatic heterocycles. The summed E-state index contributed by atoms with van der Waals surface area (Å²) in [6.45, 7) is 2.15. The predicted molar refractivity (Wildman–Crippen MR) is 81.8 cm³/mol. The number of aromatic nitrogens is 2. The van der Waals surface area contributed by atoms with E-state index in [4.69, 9.17) is 4.42 Å². The average Bonchev–Trinajstić information content (AvgIpc) is 3.17. The third-order valence-corrected chi connectivity index (χ3v) is 3.66. The van der Waals surface area contributed by atoms with E-state index in [1.807, 2.05) is 36.0 Å². The number of aryl methyl sites for hydroxylation is 1. The van der Waals surface area contributed by atoms with Gasteiger partial charge in [0.15, 0.2) is 0 Å². The Balaban J connectivity index is 1.89. The van der Waals surface area contributed by atoms with Crippen molar-refractivity contribution in [2.24, 2.45) is 7.05 Å². The molecule has 0 amide bonds. The molecule has 0 radical (unpaired) electrons. The Labute approximate surface area is 124 Å². The third kappa shape index (κ3) is 2.90. The Morgan fingerprint density at radius 2 is 1.95 bits per heavy atom. The minimum atomic E-state index is -0.0739. The van der Waals surface area contributed by atoms with Gasteiger partial charge in [0.05, 0.1) is 6.26 Å². The number of nitrogens with zero attached hydrogens (tertiary/aromatic N) is 2. The van der Waals surface area contributed by atoms with Crippen LogP contribution >= 0.6 is 0 Å². The number of nitrogens with one attached hydrogen (secondary N) is 1. The van der Waals surface area contributed by atoms with Crippen molar-refractivity contribution in [3.8, 4) is 0 Å². The van der Waals surface area contributed by atoms with Crippen molar-refractivity contribution >= 4 is 0 Å². The Morgan fingerprint density at radius 3 is 2.57 bits per heavy atom. The highest BCUT2D eigenvalue weighted by molar-refractivity contribution is 5.21. The van der Waals surface area contributed by atoms with Gasteiger partial charge in [0.1, 0.15) is 17.6 Å². The fraction of sp³-hybridized carbons (Fsp3) is 0.235. The molecule has 2 heterocycles. The maximum Gasteiger partial charge on any atom is 0.133 e. The highest BCUT2D eigenvalue weighted by atomic mass is 16.3. The Kier molecular flexibility index (Phi) is 3.88. The van der Waals surface area contributed by atoms with Crippen molar-refractivity contribution in [2.45, 2.75) is 19.0 Å². The van der Waals surface area contributed by atoms with Crippen molar-refractivity contribution in [1.29, 1.82) is 0 Å². The van der Waals surface area contributed by atoms with Crippen molar-refractivity contribution in [3.63, 3.8) is 0 Å². The second-order valence-corrected chi connectivity index (χ2v) is 5.14. The minimum Gasteiger partial charge on any atom is -0.467 e. The summed E-state index contributed by atoms with van der Waals surface area (Å²) >= 11 is 0. The Bertz CT molecular complexity index is 673. The lowest BCUT2D eigenvalue weighted by Crippen LogP contribution is -2.27. The molecule has 0 fully saturated rings. The number of benzene rings is 1. The van der Waals surface area contributed by atoms with Crippen LogP contribution in [0.1, 0.15) is 36.2 Å². The van der Waals surface area contributed by atoms with Crippen LogP contribution in [0.3, 0.4) is 0 Å². The molecule has 108 valence electrons. The molecular formula is C17H19N3O. The van der Waals surface area contributed by atoms with Gasteiger partial charge in [-0.25, -0.2) is 4.98 Å². The van der Waals surface area contributed by atoms with Gasteiger partial charge in [0.2, 0.25) is 0 Å². The summed E-state index contributed by atoms with van der Waals surface area (Å²) < 4.78 is 7.61. The largest absolute Gasteiger partial charge is 0.467 e. The highest BCUT2D eigenvalue weighted by Gasteiger charge is 2.23. The SMILES string of the molecule is C[C@@H](NC(c1ccco1)c1nccn1C)c1ccccc1. The lowest BCUT2D eigenvalue weighted by atomic mass is 10.1. The summed E-state index contributed by atoms with van der Waals surface area (Å²) in [6.07, 6.45) is 5.44. The number of hydrogen-bond acceptors (Lipinski definition) is 3. The molecule has 0 saturated heterocycles. The summed E-state index contributed by atoms with van der Waals surface area (Å²) in [6, 6.07) is 14.4. The molecule has 1 aromatic carbocycles. The summed E-state index contributed by atoms with van der Waals surface area (Å²) in [5.41, 5.74) is 1.24. The zero-order valence-corrected chi connectivity index (χ0v) is 12.2. The smallest absolute Gasteiger partial charge is 0.133 e. The predicted octanol–water partition coefficient (Wildman–Crippen LogP) is 3.45. The second-order valence-electron chi connectivity index (χ2n) is 5.14. The van der Waals surface area contributed by atoms with Crippen LogP contribution < -0.4 is 5.32 Å². The fourth-order valence-electron chi connectivity index (χ4n) is 2.48. The second kappa shape index (κ2) is 5.97. The summed E-state index contributed by atoms with van der Waals surface area (Å²) in [5.74, 6) is 1.81. The summed E-state index contributed by atoms with van der Waals surface area (Å²) in [5, 5.41) is 3.60. The Hall–Kier alpha value is -2.33. The van der Waals surface area contributed by atoms with E-state index < -0.39 is 0 Å². The van der Waals surface area contributed by atoms with E-state index >= 15 is 0 Å². The first-order valence-corrected chi connectivity index (χ1v) is 7.07. The van der Waals surface area contributed by atoms with Crippen LogP contribution in [-0.4, -0.2) is 9.55 Å². The molecular weight excluding hydrogens is 262 g/mol. The van der Waals surface area contributed by atoms with E-state index in [-0.39, 0.29) is 12.1 Å². The molecule has 0 bridgehead atoms. The van der Waals surface area contributed by atoms with E-state index in [0.29, 0.717) is 0 Å². The molecule has 4 heteroatoms. The third-order valence-electron chi connectivity index (χ3n) is 3.66. The first-order chi connectivity index (χ1) is 10.3. The van der Waals surface area contributed by atoms with Crippen molar-refractivity contribution in [1.82, 2.24) is 14.9 Å². The van der Waals surface area contributed by atoms with Crippen molar-refractivity contribution in [3.05, 3.63) is 78.3 Å². The topological polar surface area (TPSA) is 43.0 Å². The Morgan fingerprint density at radius 1 is 1.14 bits per heavy atom. The fourth-order valence-corrected chi connectivity index (χ4v) is 2.48. The quantitative estimate of drug-likeness (QED) is 0.779. The van der Waals surface area contributed by atoms with E-state index in [1.165, 1.54) is 5.56 Å². The number of furan rings is 1. The van der Waals surface area contributed by atoms with E-state index in [1.54, 1.807) is 12.5 Å². The van der Waals surface area contributed by atoms with Crippen molar-refractivity contribution in [2.75, 3.05) is 0 Å². The van der Waals surface area contributed by atoms with Crippen LogP contribution in [0.2, 0.25) is 0 Å². The van der Waals surface area contributed by atoms with Crippen LogP contribution in [0.5, 0.6) is 0 Å². The molecule has 3 rings (SSSR count). The lowest BCUT2D eigenvalue weighted by Gasteiger charge is -2.22. The number of imidazole rings is 1. The van der Waals surface area contributed by atoms with Crippen LogP contribution in [0.4, 0.5) is 0 Å². The molecule has 0 aliphatic carbocycles. The molecule has 1 N–H and O–H groups in total. The standard InChI is InChI=1S/C17H19N3O/c1-13(14-7-4-3-5-8-14)19-16(15-9-6-12-21-15)17-18-10-11-20(17)2/h3-13,16,19H,1-2H3/t13-,16?/m1/s1. The van der Waals surface area contributed by atoms with E-state index in [0.717, 1.165) is 11.6 Å². The molecule has 3 aromatic rings. The minimum absolute atomic E-state index is 0.0739. The number of hydrogen-bond donors (Lipinski definition) is 1. The molecule has 2 atom stereocenters. The molecule has 0 aliphatic rings. The summed E-state index contributed by atoms with van der Waals surface area (Å²) in [7, 11) is 1.99. The zero-order chi connectivity index (χ0) is 14.7. The molecule has 0 saturated carbocycles. The van der Waals surface area contributed by atoms with Gasteiger partial charge in [0.25, 0.3) is 0 Å². The lowest BCUT2D eigenvalue weighted by molar-refractivity contribution is 0.403. The van der Waals surface area contributed by atoms with Crippen LogP contribution in [0, 0.1) is 0 Å². The van der Waals surface area contributed by atoms with Gasteiger partial charge in [0, 0.05) is 25.5 Å². The maximum absolute atomic E-state index is 5.60. The average molecular weight is 281 g/mol. The molecule has 21 heavy (non-hydrogen) atoms. The summed E-state index contributed by atoms with van der Waals surface area (Å²) in [4.78, 5) is 4.46. The van der Waals surface area contributed by atoms with Crippen LogP contribution in [0.25, 0.3) is 0 Å². The van der Waals surface area contributed by atoms with Gasteiger partial charge >= 0.3 is 0 Å². The van der Waals surface area contributed by atoms with Gasteiger partial charge < -0.3 is 8.98 Å². The zero-order valence-electron chi connectivity index (χ0n) is 12.2. The molecule has 0 spiro atoms.